The van der Waals surface area contributed by atoms with Crippen LogP contribution in [0.25, 0.3) is 6.08 Å². The summed E-state index contributed by atoms with van der Waals surface area (Å²) in [5.74, 6) is 1.67. The van der Waals surface area contributed by atoms with Gasteiger partial charge in [0.2, 0.25) is 5.91 Å². The largest absolute Gasteiger partial charge is 0.462 e. The molecule has 2 rings (SSSR count). The summed E-state index contributed by atoms with van der Waals surface area (Å²) in [7, 11) is 1.91. The predicted octanol–water partition coefficient (Wildman–Crippen LogP) is 3.78. The van der Waals surface area contributed by atoms with E-state index in [0.29, 0.717) is 6.04 Å². The van der Waals surface area contributed by atoms with Crippen molar-refractivity contribution < 1.29 is 9.21 Å². The first-order valence-electron chi connectivity index (χ1n) is 7.18. The molecular weight excluding hydrogens is 238 g/mol. The second-order valence-electron chi connectivity index (χ2n) is 5.38. The maximum absolute atomic E-state index is 12.1. The van der Waals surface area contributed by atoms with E-state index in [1.54, 1.807) is 12.2 Å². The maximum atomic E-state index is 12.1. The van der Waals surface area contributed by atoms with Crippen molar-refractivity contribution >= 4 is 12.0 Å². The highest BCUT2D eigenvalue weighted by Crippen LogP contribution is 2.21. The van der Waals surface area contributed by atoms with E-state index in [1.165, 1.54) is 25.7 Å². The first-order valence-corrected chi connectivity index (χ1v) is 7.18. The van der Waals surface area contributed by atoms with E-state index in [0.717, 1.165) is 24.4 Å². The second-order valence-corrected chi connectivity index (χ2v) is 5.38. The van der Waals surface area contributed by atoms with E-state index in [1.807, 2.05) is 31.0 Å². The van der Waals surface area contributed by atoms with Gasteiger partial charge >= 0.3 is 0 Å². The van der Waals surface area contributed by atoms with Crippen molar-refractivity contribution in [3.63, 3.8) is 0 Å². The normalized spacial score (nSPS) is 17.6. The highest BCUT2D eigenvalue weighted by atomic mass is 16.3. The number of nitrogens with zero attached hydrogens (tertiary/aromatic N) is 1. The Morgan fingerprint density at radius 3 is 2.53 bits per heavy atom. The summed E-state index contributed by atoms with van der Waals surface area (Å²) in [5.41, 5.74) is 0. The molecule has 0 spiro atoms. The molecule has 0 bridgehead atoms. The Morgan fingerprint density at radius 1 is 1.26 bits per heavy atom. The number of aryl methyl sites for hydroxylation is 1. The zero-order valence-corrected chi connectivity index (χ0v) is 11.9. The zero-order chi connectivity index (χ0) is 13.7. The summed E-state index contributed by atoms with van der Waals surface area (Å²) in [6.45, 7) is 1.90. The molecule has 1 aliphatic rings. The molecule has 1 heterocycles. The number of hydrogen-bond acceptors (Lipinski definition) is 2. The minimum Gasteiger partial charge on any atom is -0.462 e. The third kappa shape index (κ3) is 3.98. The van der Waals surface area contributed by atoms with Crippen molar-refractivity contribution in [1.82, 2.24) is 4.90 Å². The summed E-state index contributed by atoms with van der Waals surface area (Å²) in [6.07, 6.45) is 10.7. The Bertz CT molecular complexity index is 439. The van der Waals surface area contributed by atoms with Gasteiger partial charge in [-0.1, -0.05) is 25.7 Å². The predicted molar refractivity (Wildman–Crippen MR) is 76.7 cm³/mol. The molecule has 104 valence electrons. The number of carbonyl (C=O) groups is 1. The first kappa shape index (κ1) is 13.9. The lowest BCUT2D eigenvalue weighted by molar-refractivity contribution is -0.126. The van der Waals surface area contributed by atoms with E-state index in [4.69, 9.17) is 4.42 Å². The van der Waals surface area contributed by atoms with E-state index in [2.05, 4.69) is 0 Å². The van der Waals surface area contributed by atoms with Gasteiger partial charge in [0.25, 0.3) is 0 Å². The number of amides is 1. The maximum Gasteiger partial charge on any atom is 0.246 e. The summed E-state index contributed by atoms with van der Waals surface area (Å²) in [5, 5.41) is 0. The van der Waals surface area contributed by atoms with Gasteiger partial charge in [0.05, 0.1) is 0 Å². The lowest BCUT2D eigenvalue weighted by Gasteiger charge is -2.26. The van der Waals surface area contributed by atoms with Crippen molar-refractivity contribution in [1.29, 1.82) is 0 Å². The van der Waals surface area contributed by atoms with Gasteiger partial charge in [-0.05, 0) is 38.0 Å². The molecule has 3 nitrogen and oxygen atoms in total. The van der Waals surface area contributed by atoms with E-state index >= 15 is 0 Å². The lowest BCUT2D eigenvalue weighted by atomic mass is 10.1. The topological polar surface area (TPSA) is 33.5 Å². The van der Waals surface area contributed by atoms with Gasteiger partial charge in [0.15, 0.2) is 0 Å². The van der Waals surface area contributed by atoms with Gasteiger partial charge in [0, 0.05) is 19.2 Å². The Labute approximate surface area is 115 Å². The highest BCUT2D eigenvalue weighted by molar-refractivity contribution is 5.91. The van der Waals surface area contributed by atoms with Crippen LogP contribution in [0.1, 0.15) is 50.0 Å². The number of hydrogen-bond donors (Lipinski definition) is 0. The van der Waals surface area contributed by atoms with Crippen LogP contribution in [-0.4, -0.2) is 23.9 Å². The van der Waals surface area contributed by atoms with Crippen LogP contribution < -0.4 is 0 Å². The summed E-state index contributed by atoms with van der Waals surface area (Å²) >= 11 is 0. The molecular formula is C16H23NO2. The minimum absolute atomic E-state index is 0.0703. The standard InChI is InChI=1S/C16H23NO2/c1-13-9-10-15(19-13)11-12-16(18)17(2)14-7-5-3-4-6-8-14/h9-12,14H,3-8H2,1-2H3/b12-11+. The van der Waals surface area contributed by atoms with Crippen LogP contribution in [0, 0.1) is 6.92 Å². The first-order chi connectivity index (χ1) is 9.16. The molecule has 1 aliphatic carbocycles. The van der Waals surface area contributed by atoms with Crippen LogP contribution in [0.4, 0.5) is 0 Å². The molecule has 0 N–H and O–H groups in total. The fourth-order valence-corrected chi connectivity index (χ4v) is 2.64. The third-order valence-corrected chi connectivity index (χ3v) is 3.87. The van der Waals surface area contributed by atoms with Gasteiger partial charge < -0.3 is 9.32 Å². The van der Waals surface area contributed by atoms with Crippen LogP contribution in [-0.2, 0) is 4.79 Å². The number of carbonyl (C=O) groups excluding carboxylic acids is 1. The lowest BCUT2D eigenvalue weighted by Crippen LogP contribution is -2.35. The Balaban J connectivity index is 1.92. The molecule has 1 fully saturated rings. The van der Waals surface area contributed by atoms with Crippen LogP contribution >= 0.6 is 0 Å². The van der Waals surface area contributed by atoms with Gasteiger partial charge in [-0.3, -0.25) is 4.79 Å². The fraction of sp³-hybridized carbons (Fsp3) is 0.562. The van der Waals surface area contributed by atoms with Crippen LogP contribution in [0.3, 0.4) is 0 Å². The zero-order valence-electron chi connectivity index (χ0n) is 11.9. The molecule has 19 heavy (non-hydrogen) atoms. The summed E-state index contributed by atoms with van der Waals surface area (Å²) in [4.78, 5) is 14.0. The fourth-order valence-electron chi connectivity index (χ4n) is 2.64. The van der Waals surface area contributed by atoms with Crippen LogP contribution in [0.5, 0.6) is 0 Å². The van der Waals surface area contributed by atoms with Crippen molar-refractivity contribution in [2.75, 3.05) is 7.05 Å². The smallest absolute Gasteiger partial charge is 0.246 e. The molecule has 0 radical (unpaired) electrons. The molecule has 0 aliphatic heterocycles. The van der Waals surface area contributed by atoms with Gasteiger partial charge in [-0.15, -0.1) is 0 Å². The Kier molecular flexibility index (Phi) is 4.83. The quantitative estimate of drug-likeness (QED) is 0.613. The van der Waals surface area contributed by atoms with E-state index in [-0.39, 0.29) is 5.91 Å². The molecule has 0 atom stereocenters. The SMILES string of the molecule is Cc1ccc(/C=C/C(=O)N(C)C2CCCCCC2)o1. The minimum atomic E-state index is 0.0703. The monoisotopic (exact) mass is 261 g/mol. The van der Waals surface area contributed by atoms with Crippen LogP contribution in [0.15, 0.2) is 22.6 Å². The summed E-state index contributed by atoms with van der Waals surface area (Å²) < 4.78 is 5.42. The van der Waals surface area contributed by atoms with Gasteiger partial charge in [-0.2, -0.15) is 0 Å². The average Bonchev–Trinajstić information content (AvgIpc) is 2.67. The molecule has 0 saturated heterocycles. The van der Waals surface area contributed by atoms with Gasteiger partial charge in [-0.25, -0.2) is 0 Å². The van der Waals surface area contributed by atoms with E-state index < -0.39 is 0 Å². The van der Waals surface area contributed by atoms with Crippen molar-refractivity contribution in [3.05, 3.63) is 29.7 Å². The van der Waals surface area contributed by atoms with Crippen molar-refractivity contribution in [2.24, 2.45) is 0 Å². The second kappa shape index (κ2) is 6.60. The molecule has 1 aromatic heterocycles. The third-order valence-electron chi connectivity index (χ3n) is 3.87. The van der Waals surface area contributed by atoms with Crippen molar-refractivity contribution in [2.45, 2.75) is 51.5 Å². The van der Waals surface area contributed by atoms with Crippen molar-refractivity contribution in [3.8, 4) is 0 Å². The molecule has 1 saturated carbocycles. The Morgan fingerprint density at radius 2 is 1.95 bits per heavy atom. The molecule has 0 aromatic carbocycles. The average molecular weight is 261 g/mol. The Hall–Kier alpha value is -1.51. The summed E-state index contributed by atoms with van der Waals surface area (Å²) in [6, 6.07) is 4.18. The van der Waals surface area contributed by atoms with Gasteiger partial charge in [0.1, 0.15) is 11.5 Å². The number of rotatable bonds is 3. The van der Waals surface area contributed by atoms with Crippen LogP contribution in [0.2, 0.25) is 0 Å². The molecule has 0 unspecified atom stereocenters. The molecule has 1 aromatic rings. The highest BCUT2D eigenvalue weighted by Gasteiger charge is 2.19. The number of furan rings is 1. The van der Waals surface area contributed by atoms with E-state index in [9.17, 15) is 4.79 Å². The number of likely N-dealkylation sites (N-methyl/N-ethyl adjacent to an activating group) is 1. The molecule has 3 heteroatoms. The molecule has 1 amide bonds.